The summed E-state index contributed by atoms with van der Waals surface area (Å²) in [6, 6.07) is -1.01. The fourth-order valence-corrected chi connectivity index (χ4v) is 0.575. The van der Waals surface area contributed by atoms with Gasteiger partial charge in [-0.3, -0.25) is 0 Å². The Bertz CT molecular complexity index is 191. The first kappa shape index (κ1) is 6.91. The Balaban J connectivity index is 2.74. The maximum absolute atomic E-state index is 11.8. The zero-order valence-corrected chi connectivity index (χ0v) is 5.08. The van der Waals surface area contributed by atoms with Gasteiger partial charge in [0.2, 0.25) is 0 Å². The summed E-state index contributed by atoms with van der Waals surface area (Å²) in [6.07, 6.45) is 0. The molecule has 1 heterocycles. The van der Waals surface area contributed by atoms with E-state index in [9.17, 15) is 13.6 Å². The van der Waals surface area contributed by atoms with Gasteiger partial charge in [-0.1, -0.05) is 5.43 Å². The Labute approximate surface area is 55.5 Å². The molecule has 1 radical (unpaired) electrons. The van der Waals surface area contributed by atoms with Crippen molar-refractivity contribution in [3.05, 3.63) is 0 Å². The van der Waals surface area contributed by atoms with E-state index in [1.165, 1.54) is 6.92 Å². The van der Waals surface area contributed by atoms with Crippen molar-refractivity contribution in [3.63, 3.8) is 0 Å². The second-order valence-electron chi connectivity index (χ2n) is 1.68. The Morgan fingerprint density at radius 3 is 2.40 bits per heavy atom. The van der Waals surface area contributed by atoms with Crippen LogP contribution in [-0.2, 0) is 0 Å². The summed E-state index contributed by atoms with van der Waals surface area (Å²) in [5.74, 6) is -0.0694. The minimum atomic E-state index is -2.84. The summed E-state index contributed by atoms with van der Waals surface area (Å²) in [6.45, 7) is -1.55. The highest BCUT2D eigenvalue weighted by molar-refractivity contribution is 6.00. The molecule has 0 fully saturated rings. The summed E-state index contributed by atoms with van der Waals surface area (Å²) in [5, 5.41) is 3.16. The van der Waals surface area contributed by atoms with Crippen LogP contribution in [0.1, 0.15) is 6.92 Å². The van der Waals surface area contributed by atoms with Gasteiger partial charge >= 0.3 is 12.6 Å². The molecule has 1 rings (SSSR count). The van der Waals surface area contributed by atoms with Gasteiger partial charge in [0.05, 0.1) is 0 Å². The van der Waals surface area contributed by atoms with E-state index < -0.39 is 12.6 Å². The quantitative estimate of drug-likeness (QED) is 0.502. The third-order valence-corrected chi connectivity index (χ3v) is 1.03. The van der Waals surface area contributed by atoms with Gasteiger partial charge in [0.1, 0.15) is 5.84 Å². The number of halogens is 2. The summed E-state index contributed by atoms with van der Waals surface area (Å²) in [5.41, 5.74) is 2.91. The maximum atomic E-state index is 11.8. The Hall–Kier alpha value is -1.20. The molecule has 0 aromatic heterocycles. The van der Waals surface area contributed by atoms with Gasteiger partial charge in [0.25, 0.3) is 0 Å². The largest absolute Gasteiger partial charge is 0.372 e. The minimum Gasteiger partial charge on any atom is -0.244 e. The first-order valence-corrected chi connectivity index (χ1v) is 2.49. The van der Waals surface area contributed by atoms with Crippen molar-refractivity contribution in [3.8, 4) is 0 Å². The third-order valence-electron chi connectivity index (χ3n) is 1.03. The number of hydrogen-bond acceptors (Lipinski definition) is 2. The van der Waals surface area contributed by atoms with Crippen molar-refractivity contribution < 1.29 is 13.6 Å². The zero-order chi connectivity index (χ0) is 7.72. The predicted octanol–water partition coefficient (Wildman–Crippen LogP) is 0.582. The van der Waals surface area contributed by atoms with Gasteiger partial charge in [-0.05, 0) is 6.92 Å². The predicted molar refractivity (Wildman–Crippen MR) is 28.5 cm³/mol. The van der Waals surface area contributed by atoms with E-state index in [2.05, 4.69) is 10.5 Å². The molecule has 0 unspecified atom stereocenters. The summed E-state index contributed by atoms with van der Waals surface area (Å²) in [7, 11) is 0. The second kappa shape index (κ2) is 2.20. The van der Waals surface area contributed by atoms with Crippen LogP contribution in [0.3, 0.4) is 0 Å². The Morgan fingerprint density at radius 1 is 1.60 bits per heavy atom. The molecule has 1 aliphatic rings. The van der Waals surface area contributed by atoms with Crippen LogP contribution in [0.5, 0.6) is 0 Å². The fourth-order valence-electron chi connectivity index (χ4n) is 0.575. The number of amides is 2. The average Bonchev–Trinajstić information content (AvgIpc) is 2.11. The van der Waals surface area contributed by atoms with Crippen molar-refractivity contribution in [1.29, 1.82) is 0 Å². The highest BCUT2D eigenvalue weighted by Crippen LogP contribution is 2.09. The lowest BCUT2D eigenvalue weighted by Gasteiger charge is -2.10. The van der Waals surface area contributed by atoms with E-state index in [-0.39, 0.29) is 10.7 Å². The Kier molecular flexibility index (Phi) is 1.52. The molecule has 0 saturated carbocycles. The van der Waals surface area contributed by atoms with Crippen molar-refractivity contribution in [2.45, 2.75) is 13.5 Å². The van der Waals surface area contributed by atoms with Crippen molar-refractivity contribution >= 4 is 11.9 Å². The molecule has 0 saturated heterocycles. The molecule has 0 aromatic carbocycles. The smallest absolute Gasteiger partial charge is 0.244 e. The molecular formula is C4H4F2N3O. The molecule has 4 nitrogen and oxygen atoms in total. The van der Waals surface area contributed by atoms with Gasteiger partial charge in [-0.25, -0.2) is 9.69 Å². The number of carbonyl (C=O) groups is 1. The third kappa shape index (κ3) is 0.916. The van der Waals surface area contributed by atoms with Crippen LogP contribution in [0.4, 0.5) is 13.6 Å². The standard InChI is InChI=1S/C4H4F2N3O/c1-2-7-8-4(10)9(2)3(5)6/h3H,1H3. The molecule has 0 spiro atoms. The Morgan fingerprint density at radius 2 is 2.20 bits per heavy atom. The number of rotatable bonds is 1. The van der Waals surface area contributed by atoms with Gasteiger partial charge in [-0.15, -0.1) is 5.10 Å². The summed E-state index contributed by atoms with van der Waals surface area (Å²) in [4.78, 5) is 10.6. The molecule has 0 N–H and O–H groups in total. The van der Waals surface area contributed by atoms with Crippen LogP contribution < -0.4 is 5.43 Å². The highest BCUT2D eigenvalue weighted by Gasteiger charge is 2.31. The van der Waals surface area contributed by atoms with E-state index in [1.54, 1.807) is 0 Å². The van der Waals surface area contributed by atoms with Crippen LogP contribution in [0.2, 0.25) is 0 Å². The molecule has 10 heavy (non-hydrogen) atoms. The van der Waals surface area contributed by atoms with Crippen molar-refractivity contribution in [2.24, 2.45) is 5.10 Å². The number of alkyl halides is 2. The molecule has 55 valence electrons. The number of carbonyl (C=O) groups excluding carboxylic acids is 1. The van der Waals surface area contributed by atoms with Crippen molar-refractivity contribution in [2.75, 3.05) is 0 Å². The van der Waals surface area contributed by atoms with Gasteiger partial charge < -0.3 is 0 Å². The topological polar surface area (TPSA) is 46.8 Å². The molecule has 0 atom stereocenters. The lowest BCUT2D eigenvalue weighted by molar-refractivity contribution is 0.0470. The van der Waals surface area contributed by atoms with Crippen molar-refractivity contribution in [1.82, 2.24) is 10.3 Å². The molecule has 0 bridgehead atoms. The normalized spacial score (nSPS) is 17.8. The van der Waals surface area contributed by atoms with E-state index in [0.29, 0.717) is 0 Å². The summed E-state index contributed by atoms with van der Waals surface area (Å²) < 4.78 is 23.6. The molecule has 2 amide bonds. The van der Waals surface area contributed by atoms with Gasteiger partial charge in [0, 0.05) is 0 Å². The van der Waals surface area contributed by atoms with Crippen LogP contribution in [-0.4, -0.2) is 23.3 Å². The van der Waals surface area contributed by atoms with Crippen LogP contribution in [0.15, 0.2) is 5.10 Å². The van der Waals surface area contributed by atoms with E-state index in [1.807, 2.05) is 0 Å². The molecule has 0 aliphatic carbocycles. The number of amidine groups is 1. The maximum Gasteiger partial charge on any atom is 0.372 e. The average molecular weight is 148 g/mol. The summed E-state index contributed by atoms with van der Waals surface area (Å²) >= 11 is 0. The molecule has 6 heteroatoms. The molecule has 0 aromatic rings. The number of hydrogen-bond donors (Lipinski definition) is 0. The first-order valence-electron chi connectivity index (χ1n) is 2.49. The SMILES string of the molecule is CC1=N[N]C(=O)N1C(F)F. The number of nitrogens with zero attached hydrogens (tertiary/aromatic N) is 3. The van der Waals surface area contributed by atoms with E-state index in [4.69, 9.17) is 0 Å². The second-order valence-corrected chi connectivity index (χ2v) is 1.68. The molecular weight excluding hydrogens is 144 g/mol. The lowest BCUT2D eigenvalue weighted by atomic mass is 10.6. The lowest BCUT2D eigenvalue weighted by Crippen LogP contribution is -2.35. The van der Waals surface area contributed by atoms with Crippen LogP contribution >= 0.6 is 0 Å². The fraction of sp³-hybridized carbons (Fsp3) is 0.500. The monoisotopic (exact) mass is 148 g/mol. The van der Waals surface area contributed by atoms with E-state index in [0.717, 1.165) is 0 Å². The van der Waals surface area contributed by atoms with Crippen LogP contribution in [0.25, 0.3) is 0 Å². The highest BCUT2D eigenvalue weighted by atomic mass is 19.3. The van der Waals surface area contributed by atoms with E-state index >= 15 is 0 Å². The van der Waals surface area contributed by atoms with Gasteiger partial charge in [-0.2, -0.15) is 8.78 Å². The van der Waals surface area contributed by atoms with Gasteiger partial charge in [0.15, 0.2) is 0 Å². The minimum absolute atomic E-state index is 0.0694. The zero-order valence-electron chi connectivity index (χ0n) is 5.08. The molecule has 1 aliphatic heterocycles. The first-order chi connectivity index (χ1) is 4.63. The van der Waals surface area contributed by atoms with Crippen LogP contribution in [0, 0.1) is 0 Å². The number of urea groups is 1.